The lowest BCUT2D eigenvalue weighted by atomic mass is 10.2. The molecule has 7 heteroatoms. The van der Waals surface area contributed by atoms with Crippen LogP contribution in [0.5, 0.6) is 0 Å². The van der Waals surface area contributed by atoms with Crippen LogP contribution in [0.4, 0.5) is 0 Å². The third kappa shape index (κ3) is 5.34. The van der Waals surface area contributed by atoms with Crippen molar-refractivity contribution in [2.24, 2.45) is 4.99 Å². The summed E-state index contributed by atoms with van der Waals surface area (Å²) in [6.07, 6.45) is 3.17. The van der Waals surface area contributed by atoms with Crippen molar-refractivity contribution in [3.05, 3.63) is 0 Å². The van der Waals surface area contributed by atoms with Gasteiger partial charge < -0.3 is 20.0 Å². The number of likely N-dealkylation sites (N-methyl/N-ethyl adjacent to an activating group) is 1. The molecule has 0 saturated carbocycles. The molecule has 138 valence electrons. The minimum absolute atomic E-state index is 0.204. The molecule has 1 unspecified atom stereocenters. The predicted molar refractivity (Wildman–Crippen MR) is 98.3 cm³/mol. The molecule has 0 radical (unpaired) electrons. The monoisotopic (exact) mass is 338 g/mol. The Bertz CT molecular complexity index is 431. The van der Waals surface area contributed by atoms with Crippen molar-refractivity contribution in [3.63, 3.8) is 0 Å². The molecule has 0 bridgehead atoms. The Balaban J connectivity index is 1.70. The van der Waals surface area contributed by atoms with E-state index < -0.39 is 0 Å². The summed E-state index contributed by atoms with van der Waals surface area (Å²) >= 11 is 0. The molecule has 1 atom stereocenters. The van der Waals surface area contributed by atoms with Crippen LogP contribution in [-0.4, -0.2) is 112 Å². The van der Waals surface area contributed by atoms with Crippen molar-refractivity contribution < 1.29 is 4.79 Å². The Morgan fingerprint density at radius 3 is 2.46 bits per heavy atom. The predicted octanol–water partition coefficient (Wildman–Crippen LogP) is -0.248. The molecule has 0 aliphatic carbocycles. The zero-order chi connectivity index (χ0) is 17.5. The molecule has 2 heterocycles. The standard InChI is InChI=1S/C17H34N6O/c1-18-17(19-14-15-6-5-8-21(15)4)23-12-10-22(11-13-23)9-7-16(24)20(2)3/h15H,5-14H2,1-4H3,(H,18,19). The average Bonchev–Trinajstić information content (AvgIpc) is 2.99. The number of amides is 1. The second-order valence-electron chi connectivity index (χ2n) is 7.07. The molecule has 1 N–H and O–H groups in total. The molecule has 24 heavy (non-hydrogen) atoms. The fourth-order valence-electron chi connectivity index (χ4n) is 3.44. The number of likely N-dealkylation sites (tertiary alicyclic amines) is 1. The summed E-state index contributed by atoms with van der Waals surface area (Å²) in [5, 5.41) is 3.55. The number of carbonyl (C=O) groups excluding carboxylic acids is 1. The van der Waals surface area contributed by atoms with Gasteiger partial charge in [-0.2, -0.15) is 0 Å². The Morgan fingerprint density at radius 2 is 1.92 bits per heavy atom. The first-order valence-electron chi connectivity index (χ1n) is 9.09. The number of aliphatic imine (C=N–C) groups is 1. The molecule has 2 aliphatic rings. The number of rotatable bonds is 5. The van der Waals surface area contributed by atoms with Gasteiger partial charge >= 0.3 is 0 Å². The van der Waals surface area contributed by atoms with Crippen LogP contribution in [0.15, 0.2) is 4.99 Å². The molecular weight excluding hydrogens is 304 g/mol. The van der Waals surface area contributed by atoms with Crippen LogP contribution < -0.4 is 5.32 Å². The number of hydrogen-bond acceptors (Lipinski definition) is 4. The van der Waals surface area contributed by atoms with E-state index in [2.05, 4.69) is 32.1 Å². The number of carbonyl (C=O) groups is 1. The van der Waals surface area contributed by atoms with Gasteiger partial charge in [-0.1, -0.05) is 0 Å². The molecule has 7 nitrogen and oxygen atoms in total. The Hall–Kier alpha value is -1.34. The first-order valence-corrected chi connectivity index (χ1v) is 9.09. The highest BCUT2D eigenvalue weighted by atomic mass is 16.2. The number of nitrogens with one attached hydrogen (secondary N) is 1. The van der Waals surface area contributed by atoms with Crippen LogP contribution in [0.2, 0.25) is 0 Å². The van der Waals surface area contributed by atoms with E-state index in [0.29, 0.717) is 12.5 Å². The largest absolute Gasteiger partial charge is 0.355 e. The van der Waals surface area contributed by atoms with E-state index in [-0.39, 0.29) is 5.91 Å². The highest BCUT2D eigenvalue weighted by Gasteiger charge is 2.23. The van der Waals surface area contributed by atoms with Crippen molar-refractivity contribution in [2.75, 3.05) is 74.0 Å². The van der Waals surface area contributed by atoms with Crippen molar-refractivity contribution in [1.29, 1.82) is 0 Å². The normalized spacial score (nSPS) is 23.6. The zero-order valence-electron chi connectivity index (χ0n) is 15.8. The van der Waals surface area contributed by atoms with Crippen LogP contribution in [0.25, 0.3) is 0 Å². The Kier molecular flexibility index (Phi) is 7.30. The maximum Gasteiger partial charge on any atom is 0.223 e. The van der Waals surface area contributed by atoms with Gasteiger partial charge in [0.05, 0.1) is 0 Å². The van der Waals surface area contributed by atoms with Gasteiger partial charge in [0, 0.05) is 72.9 Å². The Morgan fingerprint density at radius 1 is 1.21 bits per heavy atom. The molecular formula is C17H34N6O. The van der Waals surface area contributed by atoms with Gasteiger partial charge in [0.15, 0.2) is 5.96 Å². The van der Waals surface area contributed by atoms with E-state index in [9.17, 15) is 4.79 Å². The summed E-state index contributed by atoms with van der Waals surface area (Å²) in [5.74, 6) is 1.22. The molecule has 0 aromatic heterocycles. The van der Waals surface area contributed by atoms with Crippen LogP contribution in [0.1, 0.15) is 19.3 Å². The second-order valence-corrected chi connectivity index (χ2v) is 7.07. The fourth-order valence-corrected chi connectivity index (χ4v) is 3.44. The first kappa shape index (κ1) is 19.0. The van der Waals surface area contributed by atoms with Gasteiger partial charge in [0.25, 0.3) is 0 Å². The quantitative estimate of drug-likeness (QED) is 0.554. The lowest BCUT2D eigenvalue weighted by molar-refractivity contribution is -0.129. The smallest absolute Gasteiger partial charge is 0.223 e. The number of guanidine groups is 1. The molecule has 0 aromatic carbocycles. The molecule has 2 saturated heterocycles. The van der Waals surface area contributed by atoms with Crippen molar-refractivity contribution in [1.82, 2.24) is 24.9 Å². The SMILES string of the molecule is CN=C(NCC1CCCN1C)N1CCN(CCC(=O)N(C)C)CC1. The van der Waals surface area contributed by atoms with Crippen LogP contribution >= 0.6 is 0 Å². The molecule has 2 fully saturated rings. The second kappa shape index (κ2) is 9.22. The Labute approximate surface area is 146 Å². The molecule has 2 aliphatic heterocycles. The maximum atomic E-state index is 11.7. The highest BCUT2D eigenvalue weighted by molar-refractivity contribution is 5.80. The topological polar surface area (TPSA) is 54.4 Å². The molecule has 0 spiro atoms. The van der Waals surface area contributed by atoms with Crippen LogP contribution in [0.3, 0.4) is 0 Å². The summed E-state index contributed by atoms with van der Waals surface area (Å²) in [7, 11) is 7.70. The van der Waals surface area contributed by atoms with E-state index in [1.54, 1.807) is 4.90 Å². The van der Waals surface area contributed by atoms with E-state index in [1.807, 2.05) is 21.1 Å². The third-order valence-corrected chi connectivity index (χ3v) is 5.19. The third-order valence-electron chi connectivity index (χ3n) is 5.19. The summed E-state index contributed by atoms with van der Waals surface area (Å²) in [5.41, 5.74) is 0. The minimum atomic E-state index is 0.204. The van der Waals surface area contributed by atoms with Gasteiger partial charge in [-0.25, -0.2) is 0 Å². The fraction of sp³-hybridized carbons (Fsp3) is 0.882. The number of hydrogen-bond donors (Lipinski definition) is 1. The molecule has 1 amide bonds. The highest BCUT2D eigenvalue weighted by Crippen LogP contribution is 2.13. The van der Waals surface area contributed by atoms with Crippen LogP contribution in [-0.2, 0) is 4.79 Å². The number of nitrogens with zero attached hydrogens (tertiary/aromatic N) is 5. The lowest BCUT2D eigenvalue weighted by Gasteiger charge is -2.37. The average molecular weight is 339 g/mol. The van der Waals surface area contributed by atoms with Crippen LogP contribution in [0, 0.1) is 0 Å². The summed E-state index contributed by atoms with van der Waals surface area (Å²) in [6, 6.07) is 0.625. The lowest BCUT2D eigenvalue weighted by Crippen LogP contribution is -2.54. The molecule has 2 rings (SSSR count). The van der Waals surface area contributed by atoms with E-state index in [1.165, 1.54) is 19.4 Å². The van der Waals surface area contributed by atoms with Gasteiger partial charge in [-0.15, -0.1) is 0 Å². The van der Waals surface area contributed by atoms with E-state index in [0.717, 1.165) is 45.2 Å². The van der Waals surface area contributed by atoms with Gasteiger partial charge in [-0.3, -0.25) is 14.7 Å². The number of piperazine rings is 1. The van der Waals surface area contributed by atoms with Crippen molar-refractivity contribution in [3.8, 4) is 0 Å². The zero-order valence-corrected chi connectivity index (χ0v) is 15.8. The summed E-state index contributed by atoms with van der Waals surface area (Å²) in [4.78, 5) is 25.0. The van der Waals surface area contributed by atoms with Crippen molar-refractivity contribution in [2.45, 2.75) is 25.3 Å². The van der Waals surface area contributed by atoms with E-state index >= 15 is 0 Å². The van der Waals surface area contributed by atoms with Gasteiger partial charge in [0.2, 0.25) is 5.91 Å². The summed E-state index contributed by atoms with van der Waals surface area (Å²) < 4.78 is 0. The van der Waals surface area contributed by atoms with Crippen molar-refractivity contribution >= 4 is 11.9 Å². The van der Waals surface area contributed by atoms with Gasteiger partial charge in [0.1, 0.15) is 0 Å². The van der Waals surface area contributed by atoms with Gasteiger partial charge in [-0.05, 0) is 26.4 Å². The molecule has 0 aromatic rings. The summed E-state index contributed by atoms with van der Waals surface area (Å²) in [6.45, 7) is 6.95. The minimum Gasteiger partial charge on any atom is -0.355 e. The van der Waals surface area contributed by atoms with E-state index in [4.69, 9.17) is 0 Å². The first-order chi connectivity index (χ1) is 11.5. The maximum absolute atomic E-state index is 11.7.